The van der Waals surface area contributed by atoms with Crippen molar-refractivity contribution >= 4 is 18.0 Å². The molecule has 2 aromatic rings. The molecule has 1 atom stereocenters. The van der Waals surface area contributed by atoms with E-state index in [1.807, 2.05) is 44.2 Å². The quantitative estimate of drug-likeness (QED) is 0.351. The predicted octanol–water partition coefficient (Wildman–Crippen LogP) is 4.96. The van der Waals surface area contributed by atoms with E-state index < -0.39 is 18.1 Å². The van der Waals surface area contributed by atoms with Gasteiger partial charge in [-0.3, -0.25) is 9.59 Å². The molecule has 1 aliphatic carbocycles. The fraction of sp³-hybridized carbons (Fsp3) is 0.393. The van der Waals surface area contributed by atoms with Gasteiger partial charge in [0.2, 0.25) is 5.91 Å². The van der Waals surface area contributed by atoms with E-state index in [1.165, 1.54) is 4.90 Å². The summed E-state index contributed by atoms with van der Waals surface area (Å²) in [5.41, 5.74) is 5.59. The molecule has 0 fully saturated rings. The highest BCUT2D eigenvalue weighted by Crippen LogP contribution is 2.44. The van der Waals surface area contributed by atoms with Gasteiger partial charge in [-0.2, -0.15) is 0 Å². The maximum Gasteiger partial charge on any atom is 0.407 e. The predicted molar refractivity (Wildman–Crippen MR) is 135 cm³/mol. The van der Waals surface area contributed by atoms with Gasteiger partial charge in [-0.1, -0.05) is 60.2 Å². The van der Waals surface area contributed by atoms with Gasteiger partial charge in [0.25, 0.3) is 0 Å². The molecule has 7 nitrogen and oxygen atoms in total. The Balaban J connectivity index is 1.62. The zero-order valence-electron chi connectivity index (χ0n) is 20.6. The van der Waals surface area contributed by atoms with E-state index in [-0.39, 0.29) is 24.9 Å². The monoisotopic (exact) mass is 478 g/mol. The second-order valence-corrected chi connectivity index (χ2v) is 9.15. The molecule has 0 saturated carbocycles. The molecular weight excluding hydrogens is 444 g/mol. The number of ether oxygens (including phenoxy) is 1. The van der Waals surface area contributed by atoms with E-state index in [4.69, 9.17) is 9.84 Å². The molecule has 186 valence electrons. The van der Waals surface area contributed by atoms with Crippen LogP contribution in [0, 0.1) is 0 Å². The molecule has 0 radical (unpaired) electrons. The summed E-state index contributed by atoms with van der Waals surface area (Å²) < 4.78 is 5.63. The maximum atomic E-state index is 13.0. The second kappa shape index (κ2) is 12.2. The van der Waals surface area contributed by atoms with Crippen molar-refractivity contribution in [2.75, 3.05) is 20.2 Å². The summed E-state index contributed by atoms with van der Waals surface area (Å²) in [7, 11) is 1.66. The van der Waals surface area contributed by atoms with Crippen LogP contribution in [0.3, 0.4) is 0 Å². The number of likely N-dealkylation sites (N-methyl/N-ethyl adjacent to an activating group) is 1. The number of carbonyl (C=O) groups excluding carboxylic acids is 2. The summed E-state index contributed by atoms with van der Waals surface area (Å²) >= 11 is 0. The lowest BCUT2D eigenvalue weighted by atomic mass is 9.98. The lowest BCUT2D eigenvalue weighted by molar-refractivity contribution is -0.137. The van der Waals surface area contributed by atoms with Crippen molar-refractivity contribution in [2.24, 2.45) is 0 Å². The number of rotatable bonds is 11. The lowest BCUT2D eigenvalue weighted by Crippen LogP contribution is -2.47. The molecule has 0 heterocycles. The Labute approximate surface area is 206 Å². The van der Waals surface area contributed by atoms with Crippen LogP contribution in [-0.4, -0.2) is 54.2 Å². The minimum Gasteiger partial charge on any atom is -0.481 e. The summed E-state index contributed by atoms with van der Waals surface area (Å²) in [5.74, 6) is -1.14. The number of alkyl carbamates (subject to hydrolysis) is 1. The zero-order chi connectivity index (χ0) is 25.4. The van der Waals surface area contributed by atoms with E-state index in [0.717, 1.165) is 27.8 Å². The van der Waals surface area contributed by atoms with Gasteiger partial charge in [0.05, 0.1) is 0 Å². The Morgan fingerprint density at radius 1 is 1.03 bits per heavy atom. The van der Waals surface area contributed by atoms with E-state index in [9.17, 15) is 14.4 Å². The van der Waals surface area contributed by atoms with Gasteiger partial charge in [0.1, 0.15) is 12.6 Å². The Hall–Kier alpha value is -3.61. The van der Waals surface area contributed by atoms with Gasteiger partial charge >= 0.3 is 12.1 Å². The number of fused-ring (bicyclic) bond motifs is 3. The fourth-order valence-corrected chi connectivity index (χ4v) is 4.36. The minimum atomic E-state index is -0.850. The van der Waals surface area contributed by atoms with Crippen molar-refractivity contribution in [2.45, 2.75) is 51.5 Å². The number of hydrogen-bond acceptors (Lipinski definition) is 4. The first kappa shape index (κ1) is 26.0. The Morgan fingerprint density at radius 3 is 2.20 bits per heavy atom. The standard InChI is InChI=1S/C28H34N2O5/c1-19(2)15-16-25(27(33)30(3)17-9-8-14-26(31)32)29-28(34)35-18-24-22-12-6-4-10-20(22)21-11-5-7-13-23(21)24/h4-7,10-13,15,24-25H,8-9,14,16-18H2,1-3H3,(H,29,34)(H,31,32). The molecule has 2 N–H and O–H groups in total. The highest BCUT2D eigenvalue weighted by Gasteiger charge is 2.30. The van der Waals surface area contributed by atoms with Crippen LogP contribution >= 0.6 is 0 Å². The number of unbranched alkanes of at least 4 members (excludes halogenated alkanes) is 1. The second-order valence-electron chi connectivity index (χ2n) is 9.15. The van der Waals surface area contributed by atoms with Gasteiger partial charge in [-0.05, 0) is 55.4 Å². The van der Waals surface area contributed by atoms with E-state index in [1.54, 1.807) is 7.05 Å². The van der Waals surface area contributed by atoms with Crippen molar-refractivity contribution in [3.8, 4) is 11.1 Å². The number of benzene rings is 2. The molecule has 2 aromatic carbocycles. The Morgan fingerprint density at radius 2 is 1.63 bits per heavy atom. The van der Waals surface area contributed by atoms with Crippen molar-refractivity contribution < 1.29 is 24.2 Å². The molecule has 35 heavy (non-hydrogen) atoms. The van der Waals surface area contributed by atoms with Crippen molar-refractivity contribution in [1.82, 2.24) is 10.2 Å². The van der Waals surface area contributed by atoms with Crippen LogP contribution in [0.5, 0.6) is 0 Å². The first-order valence-electron chi connectivity index (χ1n) is 12.0. The smallest absolute Gasteiger partial charge is 0.407 e. The summed E-state index contributed by atoms with van der Waals surface area (Å²) in [4.78, 5) is 38.0. The highest BCUT2D eigenvalue weighted by molar-refractivity contribution is 5.86. The molecule has 0 aromatic heterocycles. The minimum absolute atomic E-state index is 0.0583. The van der Waals surface area contributed by atoms with Crippen LogP contribution in [0.15, 0.2) is 60.2 Å². The molecule has 0 aliphatic heterocycles. The summed E-state index contributed by atoms with van der Waals surface area (Å²) in [5, 5.41) is 11.5. The van der Waals surface area contributed by atoms with E-state index in [0.29, 0.717) is 25.8 Å². The van der Waals surface area contributed by atoms with Crippen LogP contribution < -0.4 is 5.32 Å². The third-order valence-corrected chi connectivity index (χ3v) is 6.21. The Bertz CT molecular complexity index is 1040. The van der Waals surface area contributed by atoms with E-state index >= 15 is 0 Å². The van der Waals surface area contributed by atoms with Crippen LogP contribution in [0.25, 0.3) is 11.1 Å². The largest absolute Gasteiger partial charge is 0.481 e. The van der Waals surface area contributed by atoms with Gasteiger partial charge in [-0.25, -0.2) is 4.79 Å². The molecule has 1 aliphatic rings. The SMILES string of the molecule is CC(C)=CCC(NC(=O)OCC1c2ccccc2-c2ccccc21)C(=O)N(C)CCCCC(=O)O. The number of aliphatic carboxylic acids is 1. The Kier molecular flexibility index (Phi) is 9.06. The summed E-state index contributed by atoms with van der Waals surface area (Å²) in [6.07, 6.45) is 2.77. The highest BCUT2D eigenvalue weighted by atomic mass is 16.5. The number of hydrogen-bond donors (Lipinski definition) is 2. The van der Waals surface area contributed by atoms with Crippen molar-refractivity contribution in [3.05, 3.63) is 71.3 Å². The molecule has 0 bridgehead atoms. The molecule has 7 heteroatoms. The average Bonchev–Trinajstić information content (AvgIpc) is 3.16. The molecule has 3 rings (SSSR count). The number of carboxylic acid groups (broad SMARTS) is 1. The third-order valence-electron chi connectivity index (χ3n) is 6.21. The van der Waals surface area contributed by atoms with Gasteiger partial charge in [0, 0.05) is 25.9 Å². The molecule has 0 saturated heterocycles. The first-order valence-corrected chi connectivity index (χ1v) is 12.0. The maximum absolute atomic E-state index is 13.0. The average molecular weight is 479 g/mol. The number of nitrogens with one attached hydrogen (secondary N) is 1. The number of allylic oxidation sites excluding steroid dienone is 1. The zero-order valence-corrected chi connectivity index (χ0v) is 20.6. The van der Waals surface area contributed by atoms with Crippen LogP contribution in [-0.2, 0) is 14.3 Å². The number of amides is 2. The van der Waals surface area contributed by atoms with Gasteiger partial charge < -0.3 is 20.1 Å². The number of carboxylic acids is 1. The number of carbonyl (C=O) groups is 3. The first-order chi connectivity index (χ1) is 16.8. The van der Waals surface area contributed by atoms with Crippen molar-refractivity contribution in [3.63, 3.8) is 0 Å². The van der Waals surface area contributed by atoms with Gasteiger partial charge in [-0.15, -0.1) is 0 Å². The van der Waals surface area contributed by atoms with Gasteiger partial charge in [0.15, 0.2) is 0 Å². The third kappa shape index (κ3) is 6.94. The molecule has 0 spiro atoms. The number of nitrogens with zero attached hydrogens (tertiary/aromatic N) is 1. The van der Waals surface area contributed by atoms with Crippen LogP contribution in [0.1, 0.15) is 56.6 Å². The summed E-state index contributed by atoms with van der Waals surface area (Å²) in [6, 6.07) is 15.5. The molecule has 2 amide bonds. The normalized spacial score (nSPS) is 12.8. The fourth-order valence-electron chi connectivity index (χ4n) is 4.36. The van der Waals surface area contributed by atoms with Crippen molar-refractivity contribution in [1.29, 1.82) is 0 Å². The van der Waals surface area contributed by atoms with E-state index in [2.05, 4.69) is 29.6 Å². The lowest BCUT2D eigenvalue weighted by Gasteiger charge is -2.24. The topological polar surface area (TPSA) is 95.9 Å². The van der Waals surface area contributed by atoms with Crippen LogP contribution in [0.2, 0.25) is 0 Å². The van der Waals surface area contributed by atoms with Crippen LogP contribution in [0.4, 0.5) is 4.79 Å². The summed E-state index contributed by atoms with van der Waals surface area (Å²) in [6.45, 7) is 4.47. The molecular formula is C28H34N2O5. The molecule has 1 unspecified atom stereocenters.